The Morgan fingerprint density at radius 3 is 2.61 bits per heavy atom. The van der Waals surface area contributed by atoms with E-state index < -0.39 is 0 Å². The normalized spacial score (nSPS) is 16.4. The minimum Gasteiger partial charge on any atom is -0.361 e. The topological polar surface area (TPSA) is 84.2 Å². The zero-order valence-electron chi connectivity index (χ0n) is 13.5. The molecule has 3 heterocycles. The van der Waals surface area contributed by atoms with Gasteiger partial charge in [0, 0.05) is 30.4 Å². The number of rotatable bonds is 4. The predicted octanol–water partition coefficient (Wildman–Crippen LogP) is 1.93. The van der Waals surface area contributed by atoms with E-state index in [1.807, 2.05) is 13.8 Å². The lowest BCUT2D eigenvalue weighted by Crippen LogP contribution is -2.38. The van der Waals surface area contributed by atoms with Crippen molar-refractivity contribution in [3.05, 3.63) is 35.5 Å². The summed E-state index contributed by atoms with van der Waals surface area (Å²) in [6.07, 6.45) is 4.91. The van der Waals surface area contributed by atoms with Crippen molar-refractivity contribution < 1.29 is 9.32 Å². The Morgan fingerprint density at radius 2 is 2.00 bits per heavy atom. The molecule has 0 aromatic carbocycles. The molecule has 122 valence electrons. The van der Waals surface area contributed by atoms with Gasteiger partial charge in [-0.2, -0.15) is 0 Å². The molecule has 1 saturated heterocycles. The molecule has 0 spiro atoms. The third-order valence-corrected chi connectivity index (χ3v) is 4.32. The maximum Gasteiger partial charge on any atom is 0.229 e. The Balaban J connectivity index is 1.51. The highest BCUT2D eigenvalue weighted by atomic mass is 16.5. The highest BCUT2D eigenvalue weighted by Gasteiger charge is 2.26. The first kappa shape index (κ1) is 15.6. The van der Waals surface area contributed by atoms with E-state index in [4.69, 9.17) is 4.52 Å². The monoisotopic (exact) mass is 315 g/mol. The van der Waals surface area contributed by atoms with Crippen LogP contribution < -0.4 is 5.32 Å². The van der Waals surface area contributed by atoms with Gasteiger partial charge in [-0.1, -0.05) is 5.16 Å². The van der Waals surface area contributed by atoms with E-state index in [0.717, 1.165) is 49.5 Å². The fourth-order valence-electron chi connectivity index (χ4n) is 2.88. The molecule has 0 radical (unpaired) electrons. The van der Waals surface area contributed by atoms with Crippen molar-refractivity contribution in [1.29, 1.82) is 0 Å². The van der Waals surface area contributed by atoms with Gasteiger partial charge in [0.1, 0.15) is 5.76 Å². The van der Waals surface area contributed by atoms with Crippen LogP contribution in [0.4, 0.5) is 5.95 Å². The van der Waals surface area contributed by atoms with E-state index in [-0.39, 0.29) is 11.8 Å². The summed E-state index contributed by atoms with van der Waals surface area (Å²) in [5.41, 5.74) is 2.11. The second-order valence-corrected chi connectivity index (χ2v) is 5.91. The molecule has 3 rings (SSSR count). The van der Waals surface area contributed by atoms with E-state index in [1.54, 1.807) is 18.5 Å². The Kier molecular flexibility index (Phi) is 4.66. The molecular formula is C16H21N5O2. The zero-order chi connectivity index (χ0) is 16.2. The molecule has 0 aliphatic carbocycles. The molecule has 1 aliphatic rings. The van der Waals surface area contributed by atoms with Gasteiger partial charge >= 0.3 is 0 Å². The predicted molar refractivity (Wildman–Crippen MR) is 84.6 cm³/mol. The smallest absolute Gasteiger partial charge is 0.229 e. The molecule has 0 atom stereocenters. The molecule has 1 amide bonds. The molecule has 2 aromatic rings. The minimum atomic E-state index is 0.00758. The van der Waals surface area contributed by atoms with Crippen LogP contribution in [-0.4, -0.2) is 39.0 Å². The van der Waals surface area contributed by atoms with Gasteiger partial charge in [-0.15, -0.1) is 0 Å². The van der Waals surface area contributed by atoms with Crippen molar-refractivity contribution in [2.45, 2.75) is 33.2 Å². The van der Waals surface area contributed by atoms with E-state index in [0.29, 0.717) is 5.95 Å². The van der Waals surface area contributed by atoms with Gasteiger partial charge in [-0.25, -0.2) is 9.97 Å². The first-order chi connectivity index (χ1) is 11.1. The molecule has 1 N–H and O–H groups in total. The molecule has 0 saturated carbocycles. The molecule has 0 bridgehead atoms. The summed E-state index contributed by atoms with van der Waals surface area (Å²) >= 11 is 0. The molecule has 0 unspecified atom stereocenters. The van der Waals surface area contributed by atoms with E-state index in [2.05, 4.69) is 25.3 Å². The largest absolute Gasteiger partial charge is 0.361 e. The van der Waals surface area contributed by atoms with Crippen LogP contribution in [0, 0.1) is 19.8 Å². The SMILES string of the molecule is Cc1noc(C)c1CN1CCC(C(=O)Nc2ncccn2)CC1. The van der Waals surface area contributed by atoms with Crippen molar-refractivity contribution >= 4 is 11.9 Å². The number of nitrogens with one attached hydrogen (secondary N) is 1. The van der Waals surface area contributed by atoms with Gasteiger partial charge < -0.3 is 4.52 Å². The molecule has 2 aromatic heterocycles. The summed E-state index contributed by atoms with van der Waals surface area (Å²) in [6.45, 7) is 6.51. The Bertz CT molecular complexity index is 643. The van der Waals surface area contributed by atoms with Gasteiger partial charge in [-0.05, 0) is 45.8 Å². The highest BCUT2D eigenvalue weighted by Crippen LogP contribution is 2.22. The summed E-state index contributed by atoms with van der Waals surface area (Å²) in [5, 5.41) is 6.78. The number of piperidine rings is 1. The number of hydrogen-bond donors (Lipinski definition) is 1. The van der Waals surface area contributed by atoms with Crippen LogP contribution in [0.3, 0.4) is 0 Å². The van der Waals surface area contributed by atoms with Gasteiger partial charge in [0.15, 0.2) is 0 Å². The fraction of sp³-hybridized carbons (Fsp3) is 0.500. The van der Waals surface area contributed by atoms with Gasteiger partial charge in [-0.3, -0.25) is 15.0 Å². The number of likely N-dealkylation sites (tertiary alicyclic amines) is 1. The quantitative estimate of drug-likeness (QED) is 0.928. The van der Waals surface area contributed by atoms with Crippen molar-refractivity contribution in [2.75, 3.05) is 18.4 Å². The zero-order valence-corrected chi connectivity index (χ0v) is 13.5. The number of amides is 1. The summed E-state index contributed by atoms with van der Waals surface area (Å²) in [5.74, 6) is 1.27. The van der Waals surface area contributed by atoms with Crippen LogP contribution >= 0.6 is 0 Å². The lowest BCUT2D eigenvalue weighted by Gasteiger charge is -2.31. The van der Waals surface area contributed by atoms with E-state index >= 15 is 0 Å². The summed E-state index contributed by atoms with van der Waals surface area (Å²) in [6, 6.07) is 1.73. The van der Waals surface area contributed by atoms with Crippen LogP contribution in [0.25, 0.3) is 0 Å². The molecule has 1 fully saturated rings. The Morgan fingerprint density at radius 1 is 1.30 bits per heavy atom. The summed E-state index contributed by atoms with van der Waals surface area (Å²) < 4.78 is 5.21. The van der Waals surface area contributed by atoms with Crippen LogP contribution in [0.5, 0.6) is 0 Å². The lowest BCUT2D eigenvalue weighted by molar-refractivity contribution is -0.121. The van der Waals surface area contributed by atoms with Crippen molar-refractivity contribution in [2.24, 2.45) is 5.92 Å². The number of hydrogen-bond acceptors (Lipinski definition) is 6. The van der Waals surface area contributed by atoms with Gasteiger partial charge in [0.25, 0.3) is 0 Å². The number of carbonyl (C=O) groups is 1. The van der Waals surface area contributed by atoms with Crippen LogP contribution in [0.1, 0.15) is 29.9 Å². The first-order valence-electron chi connectivity index (χ1n) is 7.85. The average molecular weight is 315 g/mol. The van der Waals surface area contributed by atoms with Crippen molar-refractivity contribution in [3.63, 3.8) is 0 Å². The number of carbonyl (C=O) groups excluding carboxylic acids is 1. The number of nitrogens with zero attached hydrogens (tertiary/aromatic N) is 4. The standard InChI is InChI=1S/C16H21N5O2/c1-11-14(12(2)23-20-11)10-21-8-4-13(5-9-21)15(22)19-16-17-6-3-7-18-16/h3,6-7,13H,4-5,8-10H2,1-2H3,(H,17,18,19,22). The summed E-state index contributed by atoms with van der Waals surface area (Å²) in [7, 11) is 0. The highest BCUT2D eigenvalue weighted by molar-refractivity contribution is 5.90. The lowest BCUT2D eigenvalue weighted by atomic mass is 9.95. The van der Waals surface area contributed by atoms with E-state index in [9.17, 15) is 4.79 Å². The van der Waals surface area contributed by atoms with Crippen molar-refractivity contribution in [3.8, 4) is 0 Å². The van der Waals surface area contributed by atoms with Crippen LogP contribution in [-0.2, 0) is 11.3 Å². The van der Waals surface area contributed by atoms with Gasteiger partial charge in [0.2, 0.25) is 11.9 Å². The number of aryl methyl sites for hydroxylation is 2. The molecular weight excluding hydrogens is 294 g/mol. The van der Waals surface area contributed by atoms with Crippen molar-refractivity contribution in [1.82, 2.24) is 20.0 Å². The molecule has 7 heteroatoms. The number of anilines is 1. The Hall–Kier alpha value is -2.28. The minimum absolute atomic E-state index is 0.00758. The first-order valence-corrected chi connectivity index (χ1v) is 7.85. The van der Waals surface area contributed by atoms with Gasteiger partial charge in [0.05, 0.1) is 5.69 Å². The molecule has 7 nitrogen and oxygen atoms in total. The third-order valence-electron chi connectivity index (χ3n) is 4.32. The maximum atomic E-state index is 12.3. The van der Waals surface area contributed by atoms with Crippen LogP contribution in [0.2, 0.25) is 0 Å². The summed E-state index contributed by atoms with van der Waals surface area (Å²) in [4.78, 5) is 22.7. The second kappa shape index (κ2) is 6.87. The third kappa shape index (κ3) is 3.73. The van der Waals surface area contributed by atoms with Crippen LogP contribution in [0.15, 0.2) is 23.0 Å². The fourth-order valence-corrected chi connectivity index (χ4v) is 2.88. The maximum absolute atomic E-state index is 12.3. The second-order valence-electron chi connectivity index (χ2n) is 5.91. The average Bonchev–Trinajstić information content (AvgIpc) is 2.88. The molecule has 23 heavy (non-hydrogen) atoms. The number of aromatic nitrogens is 3. The Labute approximate surface area is 135 Å². The molecule has 1 aliphatic heterocycles. The van der Waals surface area contributed by atoms with E-state index in [1.165, 1.54) is 0 Å².